The van der Waals surface area contributed by atoms with E-state index in [4.69, 9.17) is 0 Å². The molecular formula is C8H24BNSi2. The molecule has 0 aromatic heterocycles. The lowest BCUT2D eigenvalue weighted by Crippen LogP contribution is -2.63. The van der Waals surface area contributed by atoms with Crippen molar-refractivity contribution in [2.75, 3.05) is 0 Å². The van der Waals surface area contributed by atoms with Crippen molar-refractivity contribution in [2.45, 2.75) is 52.9 Å². The summed E-state index contributed by atoms with van der Waals surface area (Å²) in [6, 6.07) is 0. The summed E-state index contributed by atoms with van der Waals surface area (Å²) in [5.41, 5.74) is 0. The number of rotatable bonds is 3. The second-order valence-corrected chi connectivity index (χ2v) is 15.9. The fourth-order valence-electron chi connectivity index (χ4n) is 2.56. The lowest BCUT2D eigenvalue weighted by Gasteiger charge is -2.46. The van der Waals surface area contributed by atoms with Gasteiger partial charge in [0.1, 0.15) is 16.5 Å². The van der Waals surface area contributed by atoms with Crippen molar-refractivity contribution >= 4 is 23.3 Å². The molecule has 0 bridgehead atoms. The third-order valence-electron chi connectivity index (χ3n) is 1.96. The molecule has 0 aliphatic heterocycles. The largest absolute Gasteiger partial charge is 0.388 e. The smallest absolute Gasteiger partial charge is 0.202 e. The Hall–Kier alpha value is 0.459. The van der Waals surface area contributed by atoms with Crippen molar-refractivity contribution in [3.05, 3.63) is 0 Å². The van der Waals surface area contributed by atoms with Gasteiger partial charge in [0.25, 0.3) is 0 Å². The minimum absolute atomic E-state index is 0.725. The lowest BCUT2D eigenvalue weighted by molar-refractivity contribution is 0.931. The Morgan fingerprint density at radius 2 is 1.00 bits per heavy atom. The number of nitrogens with zero attached hydrogens (tertiary/aromatic N) is 1. The lowest BCUT2D eigenvalue weighted by atomic mass is 9.71. The first-order chi connectivity index (χ1) is 5.07. The van der Waals surface area contributed by atoms with Gasteiger partial charge in [0.2, 0.25) is 6.85 Å². The van der Waals surface area contributed by atoms with E-state index in [2.05, 4.69) is 57.1 Å². The second-order valence-electron chi connectivity index (χ2n) is 5.81. The van der Waals surface area contributed by atoms with E-state index >= 15 is 0 Å². The zero-order chi connectivity index (χ0) is 10.2. The second kappa shape index (κ2) is 3.68. The van der Waals surface area contributed by atoms with Crippen LogP contribution in [0, 0.1) is 0 Å². The molecule has 0 fully saturated rings. The van der Waals surface area contributed by atoms with Gasteiger partial charge in [0.05, 0.1) is 0 Å². The summed E-state index contributed by atoms with van der Waals surface area (Å²) in [4.78, 5) is 0. The van der Waals surface area contributed by atoms with Crippen molar-refractivity contribution in [2.24, 2.45) is 0 Å². The highest BCUT2D eigenvalue weighted by Gasteiger charge is 2.36. The molecule has 0 aromatic carbocycles. The van der Waals surface area contributed by atoms with Gasteiger partial charge in [-0.15, -0.1) is 0 Å². The van der Waals surface area contributed by atoms with E-state index in [1.165, 1.54) is 0 Å². The van der Waals surface area contributed by atoms with Crippen molar-refractivity contribution in [3.8, 4) is 0 Å². The van der Waals surface area contributed by atoms with Gasteiger partial charge in [-0.05, 0) is 0 Å². The third-order valence-corrected chi connectivity index (χ3v) is 9.91. The monoisotopic (exact) mass is 201 g/mol. The molecule has 0 aromatic rings. The van der Waals surface area contributed by atoms with Crippen molar-refractivity contribution in [3.63, 3.8) is 0 Å². The molecule has 1 nitrogen and oxygen atoms in total. The zero-order valence-electron chi connectivity index (χ0n) is 10.0. The van der Waals surface area contributed by atoms with E-state index in [0.29, 0.717) is 0 Å². The van der Waals surface area contributed by atoms with E-state index in [1.54, 1.807) is 0 Å². The first-order valence-electron chi connectivity index (χ1n) is 4.86. The van der Waals surface area contributed by atoms with Crippen LogP contribution < -0.4 is 0 Å². The maximum atomic E-state index is 2.82. The van der Waals surface area contributed by atoms with Crippen LogP contribution in [0.4, 0.5) is 0 Å². The average molecular weight is 201 g/mol. The Kier molecular flexibility index (Phi) is 3.82. The predicted molar refractivity (Wildman–Crippen MR) is 66.0 cm³/mol. The summed E-state index contributed by atoms with van der Waals surface area (Å²) in [6.07, 6.45) is 0. The van der Waals surface area contributed by atoms with Crippen LogP contribution in [-0.4, -0.2) is 27.5 Å². The number of hydrogen-bond donors (Lipinski definition) is 0. The first kappa shape index (κ1) is 12.5. The van der Waals surface area contributed by atoms with Crippen LogP contribution in [0.3, 0.4) is 0 Å². The normalized spacial score (nSPS) is 13.8. The summed E-state index contributed by atoms with van der Waals surface area (Å²) in [7, 11) is -2.18. The average Bonchev–Trinajstić information content (AvgIpc) is 1.49. The minimum Gasteiger partial charge on any atom is -0.388 e. The molecule has 0 unspecified atom stereocenters. The van der Waals surface area contributed by atoms with Gasteiger partial charge >= 0.3 is 0 Å². The van der Waals surface area contributed by atoms with Gasteiger partial charge in [0, 0.05) is 0 Å². The van der Waals surface area contributed by atoms with Gasteiger partial charge in [-0.2, -0.15) is 0 Å². The maximum absolute atomic E-state index is 2.82. The van der Waals surface area contributed by atoms with E-state index in [9.17, 15) is 0 Å². The zero-order valence-corrected chi connectivity index (χ0v) is 12.0. The Balaban J connectivity index is 4.70. The molecule has 4 heteroatoms. The molecule has 0 atom stereocenters. The van der Waals surface area contributed by atoms with Crippen molar-refractivity contribution < 1.29 is 0 Å². The van der Waals surface area contributed by atoms with Crippen LogP contribution in [0.2, 0.25) is 52.9 Å². The molecule has 72 valence electrons. The summed E-state index contributed by atoms with van der Waals surface area (Å²) in [5, 5.41) is 0. The summed E-state index contributed by atoms with van der Waals surface area (Å²) in [6.45, 7) is 20.1. The van der Waals surface area contributed by atoms with E-state index in [-0.39, 0.29) is 0 Å². The molecule has 0 aliphatic carbocycles. The highest BCUT2D eigenvalue weighted by molar-refractivity contribution is 6.98. The standard InChI is InChI=1S/C8H24BNSi2/c1-9(2)10(11(3,4)5)12(6,7)8/h1-8H3. The van der Waals surface area contributed by atoms with Crippen LogP contribution in [0.5, 0.6) is 0 Å². The highest BCUT2D eigenvalue weighted by atomic mass is 28.4. The molecule has 0 amide bonds. The van der Waals surface area contributed by atoms with E-state index < -0.39 is 16.5 Å². The first-order valence-corrected chi connectivity index (χ1v) is 11.8. The molecule has 0 saturated carbocycles. The van der Waals surface area contributed by atoms with E-state index in [1.807, 2.05) is 0 Å². The molecule has 0 saturated heterocycles. The molecule has 0 heterocycles. The van der Waals surface area contributed by atoms with Gasteiger partial charge in [0.15, 0.2) is 0 Å². The molecule has 12 heavy (non-hydrogen) atoms. The fourth-order valence-corrected chi connectivity index (χ4v) is 13.7. The topological polar surface area (TPSA) is 3.24 Å². The molecule has 0 aliphatic rings. The van der Waals surface area contributed by atoms with Gasteiger partial charge in [-0.3, -0.25) is 0 Å². The van der Waals surface area contributed by atoms with Gasteiger partial charge in [-0.25, -0.2) is 0 Å². The third kappa shape index (κ3) is 3.45. The Morgan fingerprint density at radius 1 is 0.750 bits per heavy atom. The SMILES string of the molecule is CB(C)N([Si](C)(C)C)[Si](C)(C)C. The fraction of sp³-hybridized carbons (Fsp3) is 1.00. The molecule has 0 radical (unpaired) electrons. The highest BCUT2D eigenvalue weighted by Crippen LogP contribution is 2.20. The molecule has 0 spiro atoms. The summed E-state index contributed by atoms with van der Waals surface area (Å²) in [5.74, 6) is 0. The van der Waals surface area contributed by atoms with Crippen LogP contribution in [0.25, 0.3) is 0 Å². The van der Waals surface area contributed by atoms with Crippen LogP contribution >= 0.6 is 0 Å². The molecule has 0 rings (SSSR count). The van der Waals surface area contributed by atoms with Crippen LogP contribution in [0.1, 0.15) is 0 Å². The van der Waals surface area contributed by atoms with Crippen LogP contribution in [-0.2, 0) is 0 Å². The van der Waals surface area contributed by atoms with Crippen molar-refractivity contribution in [1.29, 1.82) is 0 Å². The summed E-state index contributed by atoms with van der Waals surface area (Å²) < 4.78 is 2.82. The molecule has 0 N–H and O–H groups in total. The van der Waals surface area contributed by atoms with E-state index in [0.717, 1.165) is 6.85 Å². The Bertz CT molecular complexity index is 132. The Labute approximate surface area is 80.8 Å². The van der Waals surface area contributed by atoms with Crippen molar-refractivity contribution in [1.82, 2.24) is 4.14 Å². The Morgan fingerprint density at radius 3 is 1.00 bits per heavy atom. The maximum Gasteiger partial charge on any atom is 0.202 e. The molecular weight excluding hydrogens is 177 g/mol. The number of hydrogen-bond acceptors (Lipinski definition) is 1. The van der Waals surface area contributed by atoms with Gasteiger partial charge < -0.3 is 4.14 Å². The van der Waals surface area contributed by atoms with Gasteiger partial charge in [-0.1, -0.05) is 52.9 Å². The predicted octanol–water partition coefficient (Wildman–Crippen LogP) is 3.21. The summed E-state index contributed by atoms with van der Waals surface area (Å²) >= 11 is 0. The quantitative estimate of drug-likeness (QED) is 0.634. The van der Waals surface area contributed by atoms with Crippen LogP contribution in [0.15, 0.2) is 0 Å². The minimum atomic E-state index is -1.09.